The summed E-state index contributed by atoms with van der Waals surface area (Å²) in [6.07, 6.45) is 0. The third-order valence-corrected chi connectivity index (χ3v) is 1.86. The minimum atomic E-state index is -0.623. The van der Waals surface area contributed by atoms with Crippen molar-refractivity contribution in [2.45, 2.75) is 6.92 Å². The topological polar surface area (TPSA) is 108 Å². The Balaban J connectivity index is 0.000000921. The van der Waals surface area contributed by atoms with Gasteiger partial charge in [0.25, 0.3) is 0 Å². The number of primary amides is 1. The van der Waals surface area contributed by atoms with Gasteiger partial charge in [-0.2, -0.15) is 0 Å². The van der Waals surface area contributed by atoms with E-state index in [1.807, 2.05) is 0 Å². The van der Waals surface area contributed by atoms with Gasteiger partial charge >= 0.3 is 0 Å². The monoisotopic (exact) mass is 225 g/mol. The van der Waals surface area contributed by atoms with E-state index < -0.39 is 5.91 Å². The third-order valence-electron chi connectivity index (χ3n) is 1.63. The number of hydrogen-bond acceptors (Lipinski definition) is 4. The molecular formula is C9H8ClN3O2. The van der Waals surface area contributed by atoms with Crippen LogP contribution in [-0.2, 0) is 0 Å². The number of benzene rings is 1. The van der Waals surface area contributed by atoms with Crippen LogP contribution in [0.2, 0.25) is 5.02 Å². The van der Waals surface area contributed by atoms with Crippen molar-refractivity contribution in [3.63, 3.8) is 0 Å². The SMILES string of the molecule is CC(=O)c1cc(Cl)ccc1C(N)=O.N#N. The molecule has 0 aliphatic rings. The maximum atomic E-state index is 11.1. The van der Waals surface area contributed by atoms with Crippen molar-refractivity contribution in [1.82, 2.24) is 0 Å². The lowest BCUT2D eigenvalue weighted by Crippen LogP contribution is -2.15. The second-order valence-corrected chi connectivity index (χ2v) is 3.05. The Morgan fingerprint density at radius 3 is 2.20 bits per heavy atom. The predicted molar refractivity (Wildman–Crippen MR) is 53.4 cm³/mol. The van der Waals surface area contributed by atoms with Gasteiger partial charge in [-0.05, 0) is 25.1 Å². The minimum Gasteiger partial charge on any atom is -0.366 e. The summed E-state index contributed by atoms with van der Waals surface area (Å²) in [6, 6.07) is 4.40. The van der Waals surface area contributed by atoms with Gasteiger partial charge in [0.15, 0.2) is 5.78 Å². The van der Waals surface area contributed by atoms with Gasteiger partial charge in [0.2, 0.25) is 5.91 Å². The lowest BCUT2D eigenvalue weighted by Gasteiger charge is -2.02. The maximum Gasteiger partial charge on any atom is 0.249 e. The van der Waals surface area contributed by atoms with Crippen LogP contribution in [0.15, 0.2) is 18.2 Å². The predicted octanol–water partition coefficient (Wildman–Crippen LogP) is 1.67. The summed E-state index contributed by atoms with van der Waals surface area (Å²) in [5, 5.41) is 12.4. The van der Waals surface area contributed by atoms with E-state index in [1.54, 1.807) is 0 Å². The van der Waals surface area contributed by atoms with Crippen LogP contribution < -0.4 is 5.73 Å². The highest BCUT2D eigenvalue weighted by Crippen LogP contribution is 2.16. The molecule has 1 aromatic carbocycles. The van der Waals surface area contributed by atoms with E-state index in [2.05, 4.69) is 0 Å². The number of carbonyl (C=O) groups is 2. The Morgan fingerprint density at radius 1 is 1.27 bits per heavy atom. The molecule has 0 bridgehead atoms. The highest BCUT2D eigenvalue weighted by Gasteiger charge is 2.11. The number of Topliss-reactive ketones (excluding diaryl/α,β-unsaturated/α-hetero) is 1. The Morgan fingerprint density at radius 2 is 1.80 bits per heavy atom. The van der Waals surface area contributed by atoms with Crippen molar-refractivity contribution in [2.75, 3.05) is 0 Å². The van der Waals surface area contributed by atoms with Crippen molar-refractivity contribution in [2.24, 2.45) is 5.73 Å². The zero-order valence-corrected chi connectivity index (χ0v) is 8.65. The molecule has 2 N–H and O–H groups in total. The van der Waals surface area contributed by atoms with Crippen molar-refractivity contribution >= 4 is 23.3 Å². The van der Waals surface area contributed by atoms with Gasteiger partial charge in [-0.3, -0.25) is 9.59 Å². The molecule has 0 spiro atoms. The molecule has 0 heterocycles. The molecule has 78 valence electrons. The molecule has 0 aliphatic heterocycles. The molecule has 1 aromatic rings. The van der Waals surface area contributed by atoms with E-state index in [-0.39, 0.29) is 16.9 Å². The van der Waals surface area contributed by atoms with E-state index in [0.29, 0.717) is 5.02 Å². The lowest BCUT2D eigenvalue weighted by atomic mass is 10.0. The van der Waals surface area contributed by atoms with Gasteiger partial charge in [-0.1, -0.05) is 11.6 Å². The zero-order chi connectivity index (χ0) is 12.0. The zero-order valence-electron chi connectivity index (χ0n) is 7.90. The van der Waals surface area contributed by atoms with E-state index in [4.69, 9.17) is 28.1 Å². The summed E-state index contributed by atoms with van der Waals surface area (Å²) in [5.41, 5.74) is 5.54. The molecule has 0 aromatic heterocycles. The van der Waals surface area contributed by atoms with Crippen LogP contribution >= 0.6 is 11.6 Å². The average molecular weight is 226 g/mol. The van der Waals surface area contributed by atoms with Gasteiger partial charge in [-0.15, -0.1) is 0 Å². The van der Waals surface area contributed by atoms with Crippen molar-refractivity contribution in [3.8, 4) is 0 Å². The molecule has 0 aliphatic carbocycles. The van der Waals surface area contributed by atoms with Crippen LogP contribution in [0.25, 0.3) is 0 Å². The smallest absolute Gasteiger partial charge is 0.249 e. The quantitative estimate of drug-likeness (QED) is 0.610. The molecule has 0 unspecified atom stereocenters. The van der Waals surface area contributed by atoms with Gasteiger partial charge in [0.05, 0.1) is 0 Å². The van der Waals surface area contributed by atoms with Crippen LogP contribution in [0, 0.1) is 10.8 Å². The largest absolute Gasteiger partial charge is 0.366 e. The highest BCUT2D eigenvalue weighted by atomic mass is 35.5. The molecule has 0 saturated carbocycles. The van der Waals surface area contributed by atoms with Crippen molar-refractivity contribution in [1.29, 1.82) is 10.8 Å². The third kappa shape index (κ3) is 3.37. The number of rotatable bonds is 2. The molecule has 0 saturated heterocycles. The second kappa shape index (κ2) is 5.73. The molecule has 0 atom stereocenters. The fourth-order valence-corrected chi connectivity index (χ4v) is 1.19. The molecule has 5 nitrogen and oxygen atoms in total. The fourth-order valence-electron chi connectivity index (χ4n) is 1.02. The first-order valence-corrected chi connectivity index (χ1v) is 4.20. The Kier molecular flexibility index (Phi) is 4.99. The first kappa shape index (κ1) is 13.1. The molecule has 0 radical (unpaired) electrons. The summed E-state index contributed by atoms with van der Waals surface area (Å²) in [5.74, 6) is -0.849. The molecular weight excluding hydrogens is 218 g/mol. The molecule has 0 fully saturated rings. The van der Waals surface area contributed by atoms with Gasteiger partial charge in [0, 0.05) is 26.9 Å². The number of hydrogen-bond donors (Lipinski definition) is 1. The summed E-state index contributed by atoms with van der Waals surface area (Å²) < 4.78 is 0. The van der Waals surface area contributed by atoms with E-state index in [1.165, 1.54) is 25.1 Å². The molecule has 1 rings (SSSR count). The second-order valence-electron chi connectivity index (χ2n) is 2.61. The number of amides is 1. The summed E-state index contributed by atoms with van der Waals surface area (Å²) >= 11 is 5.66. The highest BCUT2D eigenvalue weighted by molar-refractivity contribution is 6.31. The number of nitrogens with two attached hydrogens (primary N) is 1. The number of ketones is 1. The van der Waals surface area contributed by atoms with Gasteiger partial charge < -0.3 is 5.73 Å². The van der Waals surface area contributed by atoms with Crippen molar-refractivity contribution < 1.29 is 9.59 Å². The average Bonchev–Trinajstić information content (AvgIpc) is 2.20. The molecule has 15 heavy (non-hydrogen) atoms. The van der Waals surface area contributed by atoms with E-state index >= 15 is 0 Å². The Bertz CT molecular complexity index is 415. The van der Waals surface area contributed by atoms with Crippen LogP contribution in [-0.4, -0.2) is 11.7 Å². The Hall–Kier alpha value is -1.93. The number of halogens is 1. The first-order valence-electron chi connectivity index (χ1n) is 3.82. The van der Waals surface area contributed by atoms with E-state index in [9.17, 15) is 9.59 Å². The summed E-state index contributed by atoms with van der Waals surface area (Å²) in [7, 11) is 0. The van der Waals surface area contributed by atoms with Crippen molar-refractivity contribution in [3.05, 3.63) is 34.3 Å². The standard InChI is InChI=1S/C9H8ClNO2.N2/c1-5(12)8-4-6(10)2-3-7(8)9(11)13;1-2/h2-4H,1H3,(H2,11,13);. The van der Waals surface area contributed by atoms with Gasteiger partial charge in [0.1, 0.15) is 0 Å². The maximum absolute atomic E-state index is 11.1. The van der Waals surface area contributed by atoms with E-state index in [0.717, 1.165) is 0 Å². The molecule has 6 heteroatoms. The number of nitrogens with zero attached hydrogens (tertiary/aromatic N) is 2. The van der Waals surface area contributed by atoms with Crippen LogP contribution in [0.5, 0.6) is 0 Å². The van der Waals surface area contributed by atoms with Gasteiger partial charge in [-0.25, -0.2) is 0 Å². The van der Waals surface area contributed by atoms with Crippen LogP contribution in [0.3, 0.4) is 0 Å². The number of carbonyl (C=O) groups excluding carboxylic acids is 2. The lowest BCUT2D eigenvalue weighted by molar-refractivity contribution is 0.0973. The summed E-state index contributed by atoms with van der Waals surface area (Å²) in [4.78, 5) is 21.9. The van der Waals surface area contributed by atoms with Crippen LogP contribution in [0.4, 0.5) is 0 Å². The normalized spacial score (nSPS) is 8.53. The first-order chi connectivity index (χ1) is 7.02. The summed E-state index contributed by atoms with van der Waals surface area (Å²) in [6.45, 7) is 1.36. The van der Waals surface area contributed by atoms with Crippen LogP contribution in [0.1, 0.15) is 27.6 Å². The minimum absolute atomic E-state index is 0.205. The Labute approximate surface area is 91.2 Å². The molecule has 1 amide bonds. The fraction of sp³-hybridized carbons (Fsp3) is 0.111.